The lowest BCUT2D eigenvalue weighted by atomic mass is 10.7. The van der Waals surface area contributed by atoms with Crippen molar-refractivity contribution in [3.05, 3.63) is 5.82 Å². The molecule has 0 fully saturated rings. The lowest BCUT2D eigenvalue weighted by Gasteiger charge is -1.96. The van der Waals surface area contributed by atoms with Crippen LogP contribution in [0, 0.1) is 0 Å². The van der Waals surface area contributed by atoms with Gasteiger partial charge in [-0.05, 0) is 6.26 Å². The number of nitrogens with zero attached hydrogens (tertiary/aromatic N) is 3. The maximum atomic E-state index is 5.44. The molecule has 0 saturated carbocycles. The molecule has 5 nitrogen and oxygen atoms in total. The van der Waals surface area contributed by atoms with Crippen molar-refractivity contribution in [3.8, 4) is 0 Å². The Labute approximate surface area is 62.8 Å². The third-order valence-electron chi connectivity index (χ3n) is 1.07. The topological polar surface area (TPSA) is 82.8 Å². The Hall–Kier alpha value is -0.910. The van der Waals surface area contributed by atoms with E-state index in [1.54, 1.807) is 11.8 Å². The molecule has 0 aliphatic rings. The zero-order chi connectivity index (χ0) is 7.56. The van der Waals surface area contributed by atoms with Crippen molar-refractivity contribution in [1.29, 1.82) is 0 Å². The number of rotatable bonds is 2. The average Bonchev–Trinajstić information content (AvgIpc) is 2.20. The maximum absolute atomic E-state index is 5.44. The Kier molecular flexibility index (Phi) is 2.00. The second kappa shape index (κ2) is 2.78. The summed E-state index contributed by atoms with van der Waals surface area (Å²) < 4.78 is 1.29. The first kappa shape index (κ1) is 7.20. The second-order valence-electron chi connectivity index (χ2n) is 1.78. The number of aromatic nitrogens is 3. The van der Waals surface area contributed by atoms with Crippen LogP contribution in [0.15, 0.2) is 0 Å². The third-order valence-corrected chi connectivity index (χ3v) is 1.61. The molecule has 0 bridgehead atoms. The zero-order valence-electron chi connectivity index (χ0n) is 5.61. The van der Waals surface area contributed by atoms with E-state index in [4.69, 9.17) is 11.6 Å². The van der Waals surface area contributed by atoms with Gasteiger partial charge in [0.2, 0.25) is 5.95 Å². The minimum Gasteiger partial charge on any atom is -0.366 e. The van der Waals surface area contributed by atoms with E-state index in [1.165, 1.54) is 4.68 Å². The summed E-state index contributed by atoms with van der Waals surface area (Å²) in [6.45, 7) is 0. The van der Waals surface area contributed by atoms with Crippen LogP contribution in [-0.4, -0.2) is 21.1 Å². The standard InChI is InChI=1S/C4H9N5S/c1-10-2-3-7-8-4(5)9(3)6/h2,6H2,1H3,(H2,5,8). The highest BCUT2D eigenvalue weighted by molar-refractivity contribution is 7.97. The Morgan fingerprint density at radius 3 is 2.70 bits per heavy atom. The van der Waals surface area contributed by atoms with Gasteiger partial charge in [0.05, 0.1) is 5.75 Å². The van der Waals surface area contributed by atoms with Gasteiger partial charge in [0.1, 0.15) is 0 Å². The molecular formula is C4H9N5S. The summed E-state index contributed by atoms with van der Waals surface area (Å²) in [5, 5.41) is 7.33. The molecule has 0 radical (unpaired) electrons. The first-order valence-corrected chi connectivity index (χ1v) is 4.09. The maximum Gasteiger partial charge on any atom is 0.240 e. The number of nitrogen functional groups attached to an aromatic ring is 2. The van der Waals surface area contributed by atoms with Crippen LogP contribution in [0.2, 0.25) is 0 Å². The molecule has 0 amide bonds. The molecule has 1 aromatic heterocycles. The first-order chi connectivity index (χ1) is 4.75. The van der Waals surface area contributed by atoms with Gasteiger partial charge in [0, 0.05) is 0 Å². The molecule has 56 valence electrons. The molecule has 0 atom stereocenters. The quantitative estimate of drug-likeness (QED) is 0.565. The van der Waals surface area contributed by atoms with Gasteiger partial charge in [-0.25, -0.2) is 4.68 Å². The monoisotopic (exact) mass is 159 g/mol. The number of thioether (sulfide) groups is 1. The van der Waals surface area contributed by atoms with Crippen molar-refractivity contribution in [3.63, 3.8) is 0 Å². The molecule has 0 aliphatic heterocycles. The molecule has 4 N–H and O–H groups in total. The van der Waals surface area contributed by atoms with Crippen LogP contribution in [-0.2, 0) is 5.75 Å². The van der Waals surface area contributed by atoms with E-state index in [1.807, 2.05) is 6.26 Å². The van der Waals surface area contributed by atoms with Crippen molar-refractivity contribution < 1.29 is 0 Å². The number of hydrogen-bond acceptors (Lipinski definition) is 5. The molecule has 0 spiro atoms. The van der Waals surface area contributed by atoms with E-state index in [2.05, 4.69) is 10.2 Å². The molecule has 0 aliphatic carbocycles. The highest BCUT2D eigenvalue weighted by Crippen LogP contribution is 2.05. The summed E-state index contributed by atoms with van der Waals surface area (Å²) in [5.41, 5.74) is 5.33. The SMILES string of the molecule is CSCc1nnc(N)n1N. The van der Waals surface area contributed by atoms with Crippen LogP contribution < -0.4 is 11.6 Å². The van der Waals surface area contributed by atoms with Crippen molar-refractivity contribution in [2.75, 3.05) is 17.8 Å². The van der Waals surface area contributed by atoms with Crippen LogP contribution in [0.1, 0.15) is 5.82 Å². The lowest BCUT2D eigenvalue weighted by Crippen LogP contribution is -2.14. The minimum atomic E-state index is 0.254. The summed E-state index contributed by atoms with van der Waals surface area (Å²) in [6, 6.07) is 0. The van der Waals surface area contributed by atoms with Gasteiger partial charge in [-0.15, -0.1) is 10.2 Å². The van der Waals surface area contributed by atoms with Crippen molar-refractivity contribution in [2.45, 2.75) is 5.75 Å². The molecular weight excluding hydrogens is 150 g/mol. The Morgan fingerprint density at radius 1 is 1.60 bits per heavy atom. The van der Waals surface area contributed by atoms with Gasteiger partial charge in [-0.3, -0.25) is 0 Å². The van der Waals surface area contributed by atoms with Crippen molar-refractivity contribution in [2.24, 2.45) is 0 Å². The fraction of sp³-hybridized carbons (Fsp3) is 0.500. The van der Waals surface area contributed by atoms with Gasteiger partial charge in [-0.1, -0.05) is 0 Å². The van der Waals surface area contributed by atoms with E-state index in [9.17, 15) is 0 Å². The predicted molar refractivity (Wildman–Crippen MR) is 41.8 cm³/mol. The normalized spacial score (nSPS) is 10.1. The number of anilines is 1. The van der Waals surface area contributed by atoms with E-state index < -0.39 is 0 Å². The van der Waals surface area contributed by atoms with Gasteiger partial charge in [-0.2, -0.15) is 11.8 Å². The van der Waals surface area contributed by atoms with Gasteiger partial charge in [0.25, 0.3) is 0 Å². The molecule has 10 heavy (non-hydrogen) atoms. The molecule has 0 unspecified atom stereocenters. The van der Waals surface area contributed by atoms with E-state index in [-0.39, 0.29) is 5.95 Å². The summed E-state index contributed by atoms with van der Waals surface area (Å²) >= 11 is 1.62. The third kappa shape index (κ3) is 1.15. The Bertz CT molecular complexity index is 219. The molecule has 1 aromatic rings. The van der Waals surface area contributed by atoms with Crippen LogP contribution >= 0.6 is 11.8 Å². The highest BCUT2D eigenvalue weighted by Gasteiger charge is 2.03. The summed E-state index contributed by atoms with van der Waals surface area (Å²) in [5.74, 6) is 7.13. The number of hydrogen-bond donors (Lipinski definition) is 2. The van der Waals surface area contributed by atoms with E-state index in [0.717, 1.165) is 5.75 Å². The van der Waals surface area contributed by atoms with Gasteiger partial charge >= 0.3 is 0 Å². The van der Waals surface area contributed by atoms with Gasteiger partial charge in [0.15, 0.2) is 5.82 Å². The van der Waals surface area contributed by atoms with Crippen LogP contribution in [0.5, 0.6) is 0 Å². The molecule has 0 aromatic carbocycles. The summed E-state index contributed by atoms with van der Waals surface area (Å²) in [7, 11) is 0. The summed E-state index contributed by atoms with van der Waals surface area (Å²) in [4.78, 5) is 0. The fourth-order valence-corrected chi connectivity index (χ4v) is 1.02. The molecule has 6 heteroatoms. The molecule has 0 saturated heterocycles. The van der Waals surface area contributed by atoms with E-state index >= 15 is 0 Å². The summed E-state index contributed by atoms with van der Waals surface area (Å²) in [6.07, 6.45) is 1.96. The lowest BCUT2D eigenvalue weighted by molar-refractivity contribution is 0.921. The van der Waals surface area contributed by atoms with E-state index in [0.29, 0.717) is 5.82 Å². The predicted octanol–water partition coefficient (Wildman–Crippen LogP) is -0.563. The zero-order valence-corrected chi connectivity index (χ0v) is 6.43. The van der Waals surface area contributed by atoms with Crippen molar-refractivity contribution >= 4 is 17.7 Å². The number of nitrogens with two attached hydrogens (primary N) is 2. The molecule has 1 heterocycles. The Morgan fingerprint density at radius 2 is 2.30 bits per heavy atom. The van der Waals surface area contributed by atoms with Gasteiger partial charge < -0.3 is 11.6 Å². The highest BCUT2D eigenvalue weighted by atomic mass is 32.2. The smallest absolute Gasteiger partial charge is 0.240 e. The van der Waals surface area contributed by atoms with Crippen LogP contribution in [0.3, 0.4) is 0 Å². The van der Waals surface area contributed by atoms with Crippen LogP contribution in [0.25, 0.3) is 0 Å². The Balaban J connectivity index is 2.83. The average molecular weight is 159 g/mol. The van der Waals surface area contributed by atoms with Crippen molar-refractivity contribution in [1.82, 2.24) is 14.9 Å². The van der Waals surface area contributed by atoms with Crippen LogP contribution in [0.4, 0.5) is 5.95 Å². The minimum absolute atomic E-state index is 0.254. The fourth-order valence-electron chi connectivity index (χ4n) is 0.565. The molecule has 1 rings (SSSR count). The first-order valence-electron chi connectivity index (χ1n) is 2.69. The largest absolute Gasteiger partial charge is 0.366 e. The second-order valence-corrected chi connectivity index (χ2v) is 2.64.